The zero-order valence-corrected chi connectivity index (χ0v) is 24.0. The maximum atomic E-state index is 12.9. The third-order valence-electron chi connectivity index (χ3n) is 8.03. The van der Waals surface area contributed by atoms with Crippen molar-refractivity contribution in [3.05, 3.63) is 101 Å². The molecule has 2 fully saturated rings. The van der Waals surface area contributed by atoms with Gasteiger partial charge in [-0.25, -0.2) is 0 Å². The molecule has 0 radical (unpaired) electrons. The molecule has 0 atom stereocenters. The molecule has 1 aromatic heterocycles. The second-order valence-electron chi connectivity index (χ2n) is 10.7. The average Bonchev–Trinajstić information content (AvgIpc) is 3.05. The number of hydrogen-bond donors (Lipinski definition) is 1. The van der Waals surface area contributed by atoms with Crippen LogP contribution < -0.4 is 10.1 Å². The van der Waals surface area contributed by atoms with Gasteiger partial charge in [0.15, 0.2) is 0 Å². The molecule has 2 saturated heterocycles. The number of likely N-dealkylation sites (tertiary alicyclic amines) is 1. The van der Waals surface area contributed by atoms with Crippen LogP contribution in [-0.2, 0) is 6.54 Å². The van der Waals surface area contributed by atoms with Crippen molar-refractivity contribution in [1.29, 1.82) is 5.26 Å². The van der Waals surface area contributed by atoms with Crippen molar-refractivity contribution in [1.82, 2.24) is 25.0 Å². The number of rotatable bonds is 8. The van der Waals surface area contributed by atoms with Crippen molar-refractivity contribution in [3.8, 4) is 11.8 Å². The summed E-state index contributed by atoms with van der Waals surface area (Å²) in [4.78, 5) is 36.6. The van der Waals surface area contributed by atoms with E-state index >= 15 is 0 Å². The van der Waals surface area contributed by atoms with E-state index in [-0.39, 0.29) is 17.9 Å². The number of nitriles is 1. The Bertz CT molecular complexity index is 1430. The summed E-state index contributed by atoms with van der Waals surface area (Å²) >= 11 is 0. The van der Waals surface area contributed by atoms with Gasteiger partial charge >= 0.3 is 0 Å². The Labute approximate surface area is 247 Å². The highest BCUT2D eigenvalue weighted by Gasteiger charge is 2.24. The lowest BCUT2D eigenvalue weighted by Crippen LogP contribution is -2.47. The molecule has 5 rings (SSSR count). The minimum Gasteiger partial charge on any atom is -0.497 e. The zero-order chi connectivity index (χ0) is 29.5. The van der Waals surface area contributed by atoms with Gasteiger partial charge in [0.25, 0.3) is 11.8 Å². The van der Waals surface area contributed by atoms with Crippen molar-refractivity contribution < 1.29 is 14.3 Å². The number of benzene rings is 2. The number of pyridine rings is 1. The van der Waals surface area contributed by atoms with E-state index < -0.39 is 0 Å². The summed E-state index contributed by atoms with van der Waals surface area (Å²) in [5, 5.41) is 12.1. The Morgan fingerprint density at radius 1 is 0.929 bits per heavy atom. The van der Waals surface area contributed by atoms with E-state index in [0.29, 0.717) is 43.0 Å². The summed E-state index contributed by atoms with van der Waals surface area (Å²) < 4.78 is 5.18. The molecular formula is C33H36N6O3. The fourth-order valence-electron chi connectivity index (χ4n) is 5.41. The topological polar surface area (TPSA) is 102 Å². The highest BCUT2D eigenvalue weighted by Crippen LogP contribution is 2.21. The maximum absolute atomic E-state index is 12.9. The van der Waals surface area contributed by atoms with E-state index in [9.17, 15) is 9.59 Å². The van der Waals surface area contributed by atoms with Crippen LogP contribution in [0.4, 0.5) is 0 Å². The number of aromatic nitrogens is 1. The van der Waals surface area contributed by atoms with E-state index in [1.165, 1.54) is 5.56 Å². The first-order valence-electron chi connectivity index (χ1n) is 14.3. The largest absolute Gasteiger partial charge is 0.497 e. The summed E-state index contributed by atoms with van der Waals surface area (Å²) in [7, 11) is 1.60. The first kappa shape index (κ1) is 28.8. The van der Waals surface area contributed by atoms with Gasteiger partial charge in [0.05, 0.1) is 18.7 Å². The lowest BCUT2D eigenvalue weighted by atomic mass is 10.0. The predicted molar refractivity (Wildman–Crippen MR) is 161 cm³/mol. The second-order valence-corrected chi connectivity index (χ2v) is 10.7. The molecule has 0 aliphatic carbocycles. The Kier molecular flexibility index (Phi) is 9.15. The van der Waals surface area contributed by atoms with E-state index in [4.69, 9.17) is 10.00 Å². The smallest absolute Gasteiger partial charge is 0.270 e. The molecule has 2 aliphatic rings. The number of methoxy groups -OCH3 is 1. The van der Waals surface area contributed by atoms with Gasteiger partial charge in [-0.2, -0.15) is 5.26 Å². The molecule has 0 spiro atoms. The standard InChI is InChI=1S/C33H36N6O3/c1-24(38-17-19-39(20-18-38)33(41)27-7-10-30(42-2)11-8-27)28-9-12-31(35-22-28)32(40)36-29-13-15-37(16-14-29)23-26-5-3-25(21-34)4-6-26/h3-12,22,29H,1,13-20,23H2,2H3,(H,36,40). The molecule has 0 bridgehead atoms. The number of carbonyl (C=O) groups is 2. The Hall–Kier alpha value is -4.68. The minimum absolute atomic E-state index is 0.0110. The van der Waals surface area contributed by atoms with Gasteiger partial charge in [-0.05, 0) is 66.9 Å². The minimum atomic E-state index is -0.164. The van der Waals surface area contributed by atoms with Crippen molar-refractivity contribution in [2.45, 2.75) is 25.4 Å². The SMILES string of the molecule is C=C(c1ccc(C(=O)NC2CCN(Cc3ccc(C#N)cc3)CC2)nc1)N1CCN(C(=O)c2ccc(OC)cc2)CC1. The van der Waals surface area contributed by atoms with Crippen LogP contribution in [0.5, 0.6) is 5.75 Å². The number of hydrogen-bond acceptors (Lipinski definition) is 7. The van der Waals surface area contributed by atoms with Crippen LogP contribution in [0, 0.1) is 11.3 Å². The number of ether oxygens (including phenoxy) is 1. The number of nitrogens with zero attached hydrogens (tertiary/aromatic N) is 5. The first-order chi connectivity index (χ1) is 20.4. The van der Waals surface area contributed by atoms with Gasteiger partial charge in [0.1, 0.15) is 11.4 Å². The fourth-order valence-corrected chi connectivity index (χ4v) is 5.41. The number of nitrogens with one attached hydrogen (secondary N) is 1. The quantitative estimate of drug-likeness (QED) is 0.444. The van der Waals surface area contributed by atoms with Crippen LogP contribution in [-0.4, -0.2) is 83.9 Å². The third-order valence-corrected chi connectivity index (χ3v) is 8.03. The van der Waals surface area contributed by atoms with Crippen LogP contribution in [0.15, 0.2) is 73.4 Å². The van der Waals surface area contributed by atoms with Gasteiger partial charge < -0.3 is 19.9 Å². The van der Waals surface area contributed by atoms with Crippen LogP contribution in [0.25, 0.3) is 5.70 Å². The highest BCUT2D eigenvalue weighted by atomic mass is 16.5. The Balaban J connectivity index is 1.06. The first-order valence-corrected chi connectivity index (χ1v) is 14.3. The van der Waals surface area contributed by atoms with Gasteiger partial charge in [-0.3, -0.25) is 19.5 Å². The van der Waals surface area contributed by atoms with Gasteiger partial charge in [-0.15, -0.1) is 0 Å². The molecule has 9 nitrogen and oxygen atoms in total. The van der Waals surface area contributed by atoms with Crippen LogP contribution in [0.1, 0.15) is 50.4 Å². The zero-order valence-electron chi connectivity index (χ0n) is 24.0. The highest BCUT2D eigenvalue weighted by molar-refractivity contribution is 5.94. The lowest BCUT2D eigenvalue weighted by molar-refractivity contribution is 0.0686. The lowest BCUT2D eigenvalue weighted by Gasteiger charge is -2.37. The van der Waals surface area contributed by atoms with Crippen molar-refractivity contribution >= 4 is 17.5 Å². The van der Waals surface area contributed by atoms with Crippen molar-refractivity contribution in [3.63, 3.8) is 0 Å². The van der Waals surface area contributed by atoms with Gasteiger partial charge in [-0.1, -0.05) is 18.7 Å². The summed E-state index contributed by atoms with van der Waals surface area (Å²) in [5.74, 6) is 0.572. The molecule has 1 N–H and O–H groups in total. The molecule has 2 aromatic carbocycles. The number of carbonyl (C=O) groups excluding carboxylic acids is 2. The van der Waals surface area contributed by atoms with Crippen molar-refractivity contribution in [2.24, 2.45) is 0 Å². The number of amides is 2. The predicted octanol–water partition coefficient (Wildman–Crippen LogP) is 3.78. The average molecular weight is 565 g/mol. The number of piperidine rings is 1. The molecule has 216 valence electrons. The fraction of sp³-hybridized carbons (Fsp3) is 0.333. The third kappa shape index (κ3) is 6.96. The van der Waals surface area contributed by atoms with E-state index in [1.54, 1.807) is 43.6 Å². The molecule has 0 unspecified atom stereocenters. The van der Waals surface area contributed by atoms with Crippen LogP contribution >= 0.6 is 0 Å². The summed E-state index contributed by atoms with van der Waals surface area (Å²) in [6.45, 7) is 9.45. The van der Waals surface area contributed by atoms with E-state index in [1.807, 2.05) is 35.2 Å². The summed E-state index contributed by atoms with van der Waals surface area (Å²) in [6, 6.07) is 20.8. The Morgan fingerprint density at radius 2 is 1.57 bits per heavy atom. The molecule has 3 aromatic rings. The molecular weight excluding hydrogens is 528 g/mol. The van der Waals surface area contributed by atoms with Crippen LogP contribution in [0.3, 0.4) is 0 Å². The molecule has 2 aliphatic heterocycles. The molecule has 0 saturated carbocycles. The van der Waals surface area contributed by atoms with E-state index in [2.05, 4.69) is 32.7 Å². The van der Waals surface area contributed by atoms with E-state index in [0.717, 1.165) is 49.5 Å². The molecule has 2 amide bonds. The van der Waals surface area contributed by atoms with Crippen molar-refractivity contribution in [2.75, 3.05) is 46.4 Å². The monoisotopic (exact) mass is 564 g/mol. The summed E-state index contributed by atoms with van der Waals surface area (Å²) in [5.41, 5.74) is 4.59. The number of piperazine rings is 1. The molecule has 42 heavy (non-hydrogen) atoms. The van der Waals surface area contributed by atoms with Gasteiger partial charge in [0.2, 0.25) is 0 Å². The molecule has 9 heteroatoms. The second kappa shape index (κ2) is 13.3. The molecule has 3 heterocycles. The normalized spacial score (nSPS) is 16.0. The Morgan fingerprint density at radius 3 is 2.17 bits per heavy atom. The van der Waals surface area contributed by atoms with Crippen LogP contribution in [0.2, 0.25) is 0 Å². The summed E-state index contributed by atoms with van der Waals surface area (Å²) in [6.07, 6.45) is 3.46. The maximum Gasteiger partial charge on any atom is 0.270 e. The van der Waals surface area contributed by atoms with Gasteiger partial charge in [0, 0.05) is 74.9 Å².